The highest BCUT2D eigenvalue weighted by molar-refractivity contribution is 6.99. The van der Waals surface area contributed by atoms with Crippen molar-refractivity contribution in [1.29, 1.82) is 0 Å². The van der Waals surface area contributed by atoms with Gasteiger partial charge in [0.2, 0.25) is 0 Å². The molecule has 0 unspecified atom stereocenters. The zero-order chi connectivity index (χ0) is 50.4. The van der Waals surface area contributed by atoms with Crippen LogP contribution < -0.4 is 26.4 Å². The Morgan fingerprint density at radius 1 is 0.528 bits per heavy atom. The van der Waals surface area contributed by atoms with Gasteiger partial charge in [0.15, 0.2) is 0 Å². The van der Waals surface area contributed by atoms with Gasteiger partial charge in [-0.25, -0.2) is 0 Å². The van der Waals surface area contributed by atoms with Crippen LogP contribution in [0.3, 0.4) is 0 Å². The zero-order valence-corrected chi connectivity index (χ0v) is 46.4. The third-order valence-electron chi connectivity index (χ3n) is 20.4. The van der Waals surface area contributed by atoms with E-state index in [1.165, 1.54) is 141 Å². The first-order chi connectivity index (χ1) is 33.8. The number of anilines is 6. The molecule has 6 aromatic rings. The standard InChI is InChI=1S/C68H81BN2O/c1-62(2,3)45-20-23-48(24-21-45)70-55-34-47(68-38-41-30-42(39-68)32-43(31-41)40-68)35-56-58(55)69(61-59(70)57-60(72-61)67(13,14)29-28-66(57,11)12)52-36-50-51(65(9,10)27-26-64(50,7)8)37-54(52)71(56)53-25-22-46(63(4,5)6)33-49(53)44-18-16-15-17-19-44/h15-25,33-37,41-43H,26-32,38-40H2,1-14H3. The van der Waals surface area contributed by atoms with Gasteiger partial charge in [0, 0.05) is 39.3 Å². The van der Waals surface area contributed by atoms with Crippen LogP contribution in [-0.2, 0) is 37.9 Å². The smallest absolute Gasteiger partial charge is 0.297 e. The fraction of sp³-hybridized carbons (Fsp3) is 0.500. The molecule has 372 valence electrons. The maximum atomic E-state index is 7.91. The molecular formula is C68H81BN2O. The molecule has 4 bridgehead atoms. The van der Waals surface area contributed by atoms with Crippen molar-refractivity contribution in [1.82, 2.24) is 0 Å². The van der Waals surface area contributed by atoms with Crippen LogP contribution in [-0.4, -0.2) is 6.71 Å². The highest BCUT2D eigenvalue weighted by atomic mass is 16.3. The number of fused-ring (bicyclic) bond motifs is 7. The van der Waals surface area contributed by atoms with Crippen molar-refractivity contribution in [2.45, 2.75) is 199 Å². The molecule has 6 aliphatic carbocycles. The minimum absolute atomic E-state index is 0.0153. The Morgan fingerprint density at radius 3 is 1.67 bits per heavy atom. The average molecular weight is 953 g/mol. The number of rotatable bonds is 4. The van der Waals surface area contributed by atoms with Crippen molar-refractivity contribution in [2.24, 2.45) is 17.8 Å². The van der Waals surface area contributed by atoms with Crippen LogP contribution in [0.15, 0.2) is 101 Å². The van der Waals surface area contributed by atoms with Crippen LogP contribution in [0, 0.1) is 17.8 Å². The van der Waals surface area contributed by atoms with E-state index < -0.39 is 0 Å². The van der Waals surface area contributed by atoms with Crippen molar-refractivity contribution in [3.63, 3.8) is 0 Å². The molecule has 14 rings (SSSR count). The lowest BCUT2D eigenvalue weighted by Crippen LogP contribution is -2.62. The summed E-state index contributed by atoms with van der Waals surface area (Å²) in [5.74, 6) is 3.69. The summed E-state index contributed by atoms with van der Waals surface area (Å²) in [6.07, 6.45) is 12.8. The lowest BCUT2D eigenvalue weighted by atomic mass is 9.34. The normalized spacial score (nSPS) is 25.6. The molecule has 3 nitrogen and oxygen atoms in total. The Kier molecular flexibility index (Phi) is 9.81. The first kappa shape index (κ1) is 46.8. The molecule has 0 N–H and O–H groups in total. The van der Waals surface area contributed by atoms with Gasteiger partial charge in [-0.15, -0.1) is 0 Å². The van der Waals surface area contributed by atoms with Gasteiger partial charge in [-0.1, -0.05) is 152 Å². The summed E-state index contributed by atoms with van der Waals surface area (Å²) in [4.78, 5) is 5.55. The van der Waals surface area contributed by atoms with E-state index >= 15 is 0 Å². The number of nitrogens with zero attached hydrogens (tertiary/aromatic N) is 2. The quantitative estimate of drug-likeness (QED) is 0.164. The van der Waals surface area contributed by atoms with Gasteiger partial charge in [-0.2, -0.15) is 0 Å². The van der Waals surface area contributed by atoms with Gasteiger partial charge < -0.3 is 14.2 Å². The maximum Gasteiger partial charge on any atom is 0.297 e. The van der Waals surface area contributed by atoms with Gasteiger partial charge >= 0.3 is 0 Å². The monoisotopic (exact) mass is 953 g/mol. The molecule has 4 heteroatoms. The van der Waals surface area contributed by atoms with Crippen LogP contribution in [0.2, 0.25) is 0 Å². The van der Waals surface area contributed by atoms with Gasteiger partial charge in [0.05, 0.1) is 17.0 Å². The first-order valence-electron chi connectivity index (χ1n) is 28.3. The third kappa shape index (κ3) is 6.87. The van der Waals surface area contributed by atoms with E-state index in [4.69, 9.17) is 4.42 Å². The van der Waals surface area contributed by atoms with Gasteiger partial charge in [-0.3, -0.25) is 0 Å². The summed E-state index contributed by atoms with van der Waals surface area (Å²) in [5, 5.41) is 0. The van der Waals surface area contributed by atoms with Gasteiger partial charge in [0.25, 0.3) is 6.71 Å². The van der Waals surface area contributed by atoms with Crippen molar-refractivity contribution in [3.05, 3.63) is 136 Å². The SMILES string of the molecule is CC(C)(C)c1ccc(N2c3cc(C45CC6CC(CC(C6)C4)C5)cc4c3B(c3cc5c(cc3N4c3ccc(C(C)(C)C)cc3-c3ccccc3)C(C)(C)CCC5(C)C)c3oc4c(c32)C(C)(C)CCC4(C)C)cc1. The summed E-state index contributed by atoms with van der Waals surface area (Å²) in [5.41, 5.74) is 23.2. The summed E-state index contributed by atoms with van der Waals surface area (Å²) in [7, 11) is 0. The second kappa shape index (κ2) is 15.1. The Hall–Kier alpha value is -4.96. The summed E-state index contributed by atoms with van der Waals surface area (Å²) < 4.78 is 7.91. The van der Waals surface area contributed by atoms with E-state index in [0.29, 0.717) is 0 Å². The molecule has 72 heavy (non-hydrogen) atoms. The molecule has 4 saturated carbocycles. The topological polar surface area (TPSA) is 19.6 Å². The van der Waals surface area contributed by atoms with Crippen molar-refractivity contribution in [3.8, 4) is 11.1 Å². The minimum atomic E-state index is -0.103. The predicted octanol–water partition coefficient (Wildman–Crippen LogP) is 16.8. The highest BCUT2D eigenvalue weighted by Gasteiger charge is 2.56. The van der Waals surface area contributed by atoms with Crippen LogP contribution in [0.5, 0.6) is 0 Å². The summed E-state index contributed by atoms with van der Waals surface area (Å²) in [6, 6.07) is 39.5. The fourth-order valence-corrected chi connectivity index (χ4v) is 16.3. The molecule has 0 atom stereocenters. The minimum Gasteiger partial charge on any atom is -0.472 e. The van der Waals surface area contributed by atoms with E-state index in [9.17, 15) is 0 Å². The fourth-order valence-electron chi connectivity index (χ4n) is 16.3. The molecule has 3 heterocycles. The Labute approximate surface area is 433 Å². The van der Waals surface area contributed by atoms with Crippen molar-refractivity contribution >= 4 is 57.4 Å². The third-order valence-corrected chi connectivity index (χ3v) is 20.4. The molecule has 4 fully saturated rings. The molecule has 0 amide bonds. The van der Waals surface area contributed by atoms with E-state index in [-0.39, 0.29) is 44.6 Å². The van der Waals surface area contributed by atoms with Crippen LogP contribution in [0.25, 0.3) is 11.1 Å². The van der Waals surface area contributed by atoms with Crippen LogP contribution in [0.1, 0.15) is 200 Å². The maximum absolute atomic E-state index is 7.91. The van der Waals surface area contributed by atoms with Gasteiger partial charge in [-0.05, 0) is 201 Å². The lowest BCUT2D eigenvalue weighted by molar-refractivity contribution is -0.00514. The molecule has 0 radical (unpaired) electrons. The van der Waals surface area contributed by atoms with E-state index in [0.717, 1.165) is 36.3 Å². The molecule has 0 spiro atoms. The molecule has 8 aliphatic rings. The Bertz CT molecular complexity index is 3170. The molecule has 5 aromatic carbocycles. The van der Waals surface area contributed by atoms with Crippen LogP contribution in [0.4, 0.5) is 34.1 Å². The average Bonchev–Trinajstić information content (AvgIpc) is 3.74. The molecule has 1 aromatic heterocycles. The number of benzene rings is 5. The van der Waals surface area contributed by atoms with E-state index in [2.05, 4.69) is 204 Å². The Balaban J connectivity index is 1.20. The van der Waals surface area contributed by atoms with Gasteiger partial charge in [0.1, 0.15) is 5.76 Å². The summed E-state index contributed by atoms with van der Waals surface area (Å²) in [6.45, 7) is 34.0. The summed E-state index contributed by atoms with van der Waals surface area (Å²) >= 11 is 0. The van der Waals surface area contributed by atoms with E-state index in [1.807, 2.05) is 0 Å². The Morgan fingerprint density at radius 2 is 1.07 bits per heavy atom. The molecular weight excluding hydrogens is 872 g/mol. The second-order valence-electron chi connectivity index (χ2n) is 29.4. The lowest BCUT2D eigenvalue weighted by Gasteiger charge is -2.57. The largest absolute Gasteiger partial charge is 0.472 e. The van der Waals surface area contributed by atoms with E-state index in [1.54, 1.807) is 5.56 Å². The predicted molar refractivity (Wildman–Crippen MR) is 306 cm³/mol. The number of hydrogen-bond donors (Lipinski definition) is 0. The number of furan rings is 1. The van der Waals surface area contributed by atoms with Crippen molar-refractivity contribution < 1.29 is 4.42 Å². The number of hydrogen-bond acceptors (Lipinski definition) is 3. The first-order valence-corrected chi connectivity index (χ1v) is 28.3. The zero-order valence-electron chi connectivity index (χ0n) is 46.4. The van der Waals surface area contributed by atoms with Crippen molar-refractivity contribution in [2.75, 3.05) is 9.80 Å². The second-order valence-corrected chi connectivity index (χ2v) is 29.4. The van der Waals surface area contributed by atoms with Crippen LogP contribution >= 0.6 is 0 Å². The molecule has 2 aliphatic heterocycles. The highest BCUT2D eigenvalue weighted by Crippen LogP contribution is 2.63. The molecule has 0 saturated heterocycles.